The summed E-state index contributed by atoms with van der Waals surface area (Å²) < 4.78 is 11.4. The van der Waals surface area contributed by atoms with E-state index in [0.29, 0.717) is 18.1 Å². The van der Waals surface area contributed by atoms with Crippen LogP contribution in [0.15, 0.2) is 0 Å². The van der Waals surface area contributed by atoms with E-state index in [9.17, 15) is 4.79 Å². The van der Waals surface area contributed by atoms with Crippen molar-refractivity contribution >= 4 is 5.91 Å². The van der Waals surface area contributed by atoms with Crippen LogP contribution in [0.5, 0.6) is 0 Å². The topological polar surface area (TPSA) is 38.8 Å². The van der Waals surface area contributed by atoms with E-state index in [0.717, 1.165) is 57.7 Å². The molecule has 1 aliphatic carbocycles. The van der Waals surface area contributed by atoms with Gasteiger partial charge in [0.15, 0.2) is 0 Å². The van der Waals surface area contributed by atoms with Gasteiger partial charge in [-0.2, -0.15) is 0 Å². The Morgan fingerprint density at radius 1 is 1.09 bits per heavy atom. The van der Waals surface area contributed by atoms with E-state index in [2.05, 4.69) is 32.6 Å². The van der Waals surface area contributed by atoms with Crippen molar-refractivity contribution < 1.29 is 14.3 Å². The Hall–Kier alpha value is -0.610. The maximum absolute atomic E-state index is 12.5. The molecule has 0 unspecified atom stereocenters. The number of amides is 1. The fourth-order valence-electron chi connectivity index (χ4n) is 3.43. The number of nitrogens with zero attached hydrogens (tertiary/aromatic N) is 1. The second-order valence-electron chi connectivity index (χ2n) is 7.45. The van der Waals surface area contributed by atoms with E-state index in [4.69, 9.17) is 9.47 Å². The molecule has 4 nitrogen and oxygen atoms in total. The molecule has 1 heterocycles. The molecule has 128 valence electrons. The van der Waals surface area contributed by atoms with Gasteiger partial charge in [0.2, 0.25) is 5.91 Å². The number of rotatable bonds is 7. The molecule has 1 aliphatic heterocycles. The zero-order valence-electron chi connectivity index (χ0n) is 14.7. The van der Waals surface area contributed by atoms with Crippen molar-refractivity contribution in [1.82, 2.24) is 4.90 Å². The minimum Gasteiger partial charge on any atom is -0.379 e. The second-order valence-corrected chi connectivity index (χ2v) is 7.45. The summed E-state index contributed by atoms with van der Waals surface area (Å²) in [7, 11) is 0. The number of carbonyl (C=O) groups is 1. The van der Waals surface area contributed by atoms with Crippen molar-refractivity contribution in [2.75, 3.05) is 19.7 Å². The lowest BCUT2D eigenvalue weighted by Crippen LogP contribution is -2.47. The first-order valence-corrected chi connectivity index (χ1v) is 9.01. The Kier molecular flexibility index (Phi) is 6.69. The summed E-state index contributed by atoms with van der Waals surface area (Å²) >= 11 is 0. The van der Waals surface area contributed by atoms with Gasteiger partial charge in [0.1, 0.15) is 0 Å². The van der Waals surface area contributed by atoms with Crippen molar-refractivity contribution in [2.45, 2.75) is 78.1 Å². The first-order valence-electron chi connectivity index (χ1n) is 9.01. The largest absolute Gasteiger partial charge is 0.379 e. The summed E-state index contributed by atoms with van der Waals surface area (Å²) in [6.45, 7) is 11.0. The standard InChI is InChI=1S/C18H33NO3/c1-13(2)21-10-7-15-5-8-19(9-6-15)18(20)16-11-17(12-16)22-14(3)4/h13-17H,5-12H2,1-4H3. The summed E-state index contributed by atoms with van der Waals surface area (Å²) in [4.78, 5) is 14.5. The SMILES string of the molecule is CC(C)OCCC1CCN(C(=O)C2CC(OC(C)C)C2)CC1. The number of hydrogen-bond acceptors (Lipinski definition) is 3. The molecule has 0 aromatic heterocycles. The molecular weight excluding hydrogens is 278 g/mol. The molecule has 0 N–H and O–H groups in total. The summed E-state index contributed by atoms with van der Waals surface area (Å²) in [5.41, 5.74) is 0. The van der Waals surface area contributed by atoms with Crippen LogP contribution in [0.1, 0.15) is 59.8 Å². The zero-order valence-corrected chi connectivity index (χ0v) is 14.7. The Balaban J connectivity index is 1.62. The van der Waals surface area contributed by atoms with Crippen LogP contribution in [0.3, 0.4) is 0 Å². The average Bonchev–Trinajstić information content (AvgIpc) is 2.42. The molecule has 2 rings (SSSR count). The molecule has 22 heavy (non-hydrogen) atoms. The van der Waals surface area contributed by atoms with Crippen molar-refractivity contribution in [2.24, 2.45) is 11.8 Å². The molecule has 1 saturated heterocycles. The highest BCUT2D eigenvalue weighted by atomic mass is 16.5. The predicted octanol–water partition coefficient (Wildman–Crippen LogP) is 3.24. The van der Waals surface area contributed by atoms with E-state index in [1.165, 1.54) is 0 Å². The summed E-state index contributed by atoms with van der Waals surface area (Å²) in [5.74, 6) is 1.30. The van der Waals surface area contributed by atoms with Crippen LogP contribution >= 0.6 is 0 Å². The third-order valence-electron chi connectivity index (χ3n) is 4.81. The van der Waals surface area contributed by atoms with Gasteiger partial charge in [0, 0.05) is 25.6 Å². The fourth-order valence-corrected chi connectivity index (χ4v) is 3.43. The van der Waals surface area contributed by atoms with E-state index < -0.39 is 0 Å². The normalized spacial score (nSPS) is 26.5. The lowest BCUT2D eigenvalue weighted by molar-refractivity contribution is -0.148. The van der Waals surface area contributed by atoms with Crippen LogP contribution in [0, 0.1) is 11.8 Å². The molecule has 2 aliphatic rings. The quantitative estimate of drug-likeness (QED) is 0.724. The summed E-state index contributed by atoms with van der Waals surface area (Å²) in [6.07, 6.45) is 6.12. The van der Waals surface area contributed by atoms with Gasteiger partial charge in [0.05, 0.1) is 18.3 Å². The summed E-state index contributed by atoms with van der Waals surface area (Å²) in [5, 5.41) is 0. The number of carbonyl (C=O) groups excluding carboxylic acids is 1. The highest BCUT2D eigenvalue weighted by Crippen LogP contribution is 2.33. The van der Waals surface area contributed by atoms with Crippen molar-refractivity contribution in [1.29, 1.82) is 0 Å². The molecule has 0 aromatic rings. The van der Waals surface area contributed by atoms with E-state index in [1.807, 2.05) is 0 Å². The van der Waals surface area contributed by atoms with Crippen LogP contribution in [0.4, 0.5) is 0 Å². The van der Waals surface area contributed by atoms with E-state index >= 15 is 0 Å². The van der Waals surface area contributed by atoms with Gasteiger partial charge in [-0.15, -0.1) is 0 Å². The van der Waals surface area contributed by atoms with Gasteiger partial charge >= 0.3 is 0 Å². The molecule has 0 bridgehead atoms. The van der Waals surface area contributed by atoms with Crippen LogP contribution < -0.4 is 0 Å². The third-order valence-corrected chi connectivity index (χ3v) is 4.81. The van der Waals surface area contributed by atoms with Gasteiger partial charge in [-0.25, -0.2) is 0 Å². The predicted molar refractivity (Wildman–Crippen MR) is 87.7 cm³/mol. The lowest BCUT2D eigenvalue weighted by Gasteiger charge is -2.40. The molecule has 0 radical (unpaired) electrons. The molecule has 1 saturated carbocycles. The van der Waals surface area contributed by atoms with Crippen LogP contribution in [-0.4, -0.2) is 48.8 Å². The Morgan fingerprint density at radius 3 is 2.27 bits per heavy atom. The molecule has 0 atom stereocenters. The van der Waals surface area contributed by atoms with Gasteiger partial charge in [-0.3, -0.25) is 4.79 Å². The average molecular weight is 311 g/mol. The molecular formula is C18H33NO3. The molecule has 0 spiro atoms. The molecule has 4 heteroatoms. The zero-order chi connectivity index (χ0) is 16.1. The molecule has 0 aromatic carbocycles. The van der Waals surface area contributed by atoms with Crippen LogP contribution in [-0.2, 0) is 14.3 Å². The maximum atomic E-state index is 12.5. The monoisotopic (exact) mass is 311 g/mol. The van der Waals surface area contributed by atoms with Crippen molar-refractivity contribution in [3.63, 3.8) is 0 Å². The van der Waals surface area contributed by atoms with Crippen molar-refractivity contribution in [3.8, 4) is 0 Å². The lowest BCUT2D eigenvalue weighted by atomic mass is 9.80. The fraction of sp³-hybridized carbons (Fsp3) is 0.944. The van der Waals surface area contributed by atoms with Crippen LogP contribution in [0.25, 0.3) is 0 Å². The Labute approximate surface area is 135 Å². The third kappa shape index (κ3) is 5.24. The molecule has 2 fully saturated rings. The minimum absolute atomic E-state index is 0.213. The van der Waals surface area contributed by atoms with Gasteiger partial charge in [0.25, 0.3) is 0 Å². The molecule has 1 amide bonds. The van der Waals surface area contributed by atoms with E-state index in [-0.39, 0.29) is 12.0 Å². The van der Waals surface area contributed by atoms with Crippen molar-refractivity contribution in [3.05, 3.63) is 0 Å². The smallest absolute Gasteiger partial charge is 0.225 e. The van der Waals surface area contributed by atoms with E-state index in [1.54, 1.807) is 0 Å². The summed E-state index contributed by atoms with van der Waals surface area (Å²) in [6, 6.07) is 0. The van der Waals surface area contributed by atoms with Gasteiger partial charge < -0.3 is 14.4 Å². The van der Waals surface area contributed by atoms with Gasteiger partial charge in [-0.05, 0) is 65.7 Å². The Bertz CT molecular complexity index is 342. The van der Waals surface area contributed by atoms with Crippen LogP contribution in [0.2, 0.25) is 0 Å². The minimum atomic E-state index is 0.213. The maximum Gasteiger partial charge on any atom is 0.225 e. The highest BCUT2D eigenvalue weighted by Gasteiger charge is 2.38. The first kappa shape index (κ1) is 17.7. The second kappa shape index (κ2) is 8.30. The number of piperidine rings is 1. The number of likely N-dealkylation sites (tertiary alicyclic amines) is 1. The number of hydrogen-bond donors (Lipinski definition) is 0. The first-order chi connectivity index (χ1) is 10.5. The number of ether oxygens (including phenoxy) is 2. The van der Waals surface area contributed by atoms with Gasteiger partial charge in [-0.1, -0.05) is 0 Å². The highest BCUT2D eigenvalue weighted by molar-refractivity contribution is 5.80. The Morgan fingerprint density at radius 2 is 1.73 bits per heavy atom.